The minimum Gasteiger partial charge on any atom is -0.487 e. The Morgan fingerprint density at radius 1 is 1.17 bits per heavy atom. The van der Waals surface area contributed by atoms with Crippen LogP contribution in [-0.2, 0) is 0 Å². The lowest BCUT2D eigenvalue weighted by Gasteiger charge is -2.24. The summed E-state index contributed by atoms with van der Waals surface area (Å²) in [6.45, 7) is 3.85. The highest BCUT2D eigenvalue weighted by Gasteiger charge is 2.32. The zero-order valence-electron chi connectivity index (χ0n) is 13.2. The van der Waals surface area contributed by atoms with Gasteiger partial charge in [-0.1, -0.05) is 12.1 Å². The largest absolute Gasteiger partial charge is 0.573 e. The second kappa shape index (κ2) is 5.85. The minimum atomic E-state index is -4.74. The van der Waals surface area contributed by atoms with Crippen LogP contribution < -0.4 is 9.47 Å². The van der Waals surface area contributed by atoms with Gasteiger partial charge in [0.25, 0.3) is 0 Å². The molecule has 0 aliphatic carbocycles. The van der Waals surface area contributed by atoms with E-state index in [0.717, 1.165) is 5.57 Å². The average Bonchev–Trinajstić information content (AvgIpc) is 2.62. The minimum absolute atomic E-state index is 0.286. The van der Waals surface area contributed by atoms with Crippen LogP contribution in [0.1, 0.15) is 31.5 Å². The number of nitrogens with zero attached hydrogens (tertiary/aromatic N) is 1. The molecule has 126 valence electrons. The van der Waals surface area contributed by atoms with Crippen LogP contribution in [0.15, 0.2) is 48.7 Å². The van der Waals surface area contributed by atoms with Gasteiger partial charge in [0.1, 0.15) is 17.1 Å². The van der Waals surface area contributed by atoms with Crippen molar-refractivity contribution in [2.45, 2.75) is 32.2 Å². The van der Waals surface area contributed by atoms with Gasteiger partial charge in [0, 0.05) is 23.8 Å². The second-order valence-electron chi connectivity index (χ2n) is 6.10. The van der Waals surface area contributed by atoms with Crippen molar-refractivity contribution in [1.82, 2.24) is 4.98 Å². The van der Waals surface area contributed by atoms with Crippen LogP contribution in [0.4, 0.5) is 13.2 Å². The Labute approximate surface area is 137 Å². The van der Waals surface area contributed by atoms with Crippen molar-refractivity contribution in [3.05, 3.63) is 59.9 Å². The maximum Gasteiger partial charge on any atom is 0.573 e. The van der Waals surface area contributed by atoms with E-state index >= 15 is 0 Å². The third kappa shape index (κ3) is 3.69. The second-order valence-corrected chi connectivity index (χ2v) is 6.10. The summed E-state index contributed by atoms with van der Waals surface area (Å²) in [6, 6.07) is 9.51. The number of ether oxygens (including phenoxy) is 2. The lowest BCUT2D eigenvalue weighted by molar-refractivity contribution is -0.274. The fourth-order valence-corrected chi connectivity index (χ4v) is 2.57. The molecule has 0 saturated carbocycles. The highest BCUT2D eigenvalue weighted by Crippen LogP contribution is 2.40. The van der Waals surface area contributed by atoms with Crippen LogP contribution >= 0.6 is 0 Å². The molecule has 0 spiro atoms. The van der Waals surface area contributed by atoms with Crippen LogP contribution in [0.5, 0.6) is 11.5 Å². The number of fused-ring (bicyclic) bond motifs is 1. The number of hydrogen-bond acceptors (Lipinski definition) is 3. The third-order valence-electron chi connectivity index (χ3n) is 3.60. The Kier molecular flexibility index (Phi) is 3.99. The normalized spacial score (nSPS) is 16.5. The van der Waals surface area contributed by atoms with E-state index in [1.54, 1.807) is 12.3 Å². The molecule has 1 aromatic carbocycles. The van der Waals surface area contributed by atoms with E-state index in [4.69, 9.17) is 4.74 Å². The highest BCUT2D eigenvalue weighted by molar-refractivity contribution is 5.82. The van der Waals surface area contributed by atoms with Crippen molar-refractivity contribution in [3.8, 4) is 11.5 Å². The van der Waals surface area contributed by atoms with Crippen LogP contribution in [0, 0.1) is 0 Å². The van der Waals surface area contributed by atoms with Gasteiger partial charge in [0.15, 0.2) is 0 Å². The standard InChI is InChI=1S/C18H16F3NO2/c1-17(2)9-8-13(15-5-3-4-10-22-15)14-11-12(23-18(19,20)21)6-7-16(14)24-17/h3-8,10-11H,9H2,1-2H3. The molecule has 3 rings (SSSR count). The SMILES string of the molecule is CC1(C)CC=C(c2ccccn2)c2cc(OC(F)(F)F)ccc2O1. The van der Waals surface area contributed by atoms with Gasteiger partial charge in [-0.3, -0.25) is 4.98 Å². The number of pyridine rings is 1. The predicted molar refractivity (Wildman–Crippen MR) is 83.8 cm³/mol. The van der Waals surface area contributed by atoms with Gasteiger partial charge in [-0.25, -0.2) is 0 Å². The number of rotatable bonds is 2. The Morgan fingerprint density at radius 3 is 2.62 bits per heavy atom. The summed E-state index contributed by atoms with van der Waals surface area (Å²) in [4.78, 5) is 4.31. The molecule has 6 heteroatoms. The Balaban J connectivity index is 2.11. The fourth-order valence-electron chi connectivity index (χ4n) is 2.57. The Hall–Kier alpha value is -2.50. The molecule has 1 aromatic heterocycles. The van der Waals surface area contributed by atoms with Crippen molar-refractivity contribution in [2.24, 2.45) is 0 Å². The summed E-state index contributed by atoms with van der Waals surface area (Å²) in [5.41, 5.74) is 1.45. The van der Waals surface area contributed by atoms with Crippen LogP contribution in [0.25, 0.3) is 5.57 Å². The number of aromatic nitrogens is 1. The maximum absolute atomic E-state index is 12.5. The molecule has 0 bridgehead atoms. The summed E-state index contributed by atoms with van der Waals surface area (Å²) >= 11 is 0. The number of hydrogen-bond donors (Lipinski definition) is 0. The van der Waals surface area contributed by atoms with E-state index in [-0.39, 0.29) is 5.75 Å². The smallest absolute Gasteiger partial charge is 0.487 e. The Bertz CT molecular complexity index is 768. The summed E-state index contributed by atoms with van der Waals surface area (Å²) in [6.07, 6.45) is -0.564. The van der Waals surface area contributed by atoms with Crippen molar-refractivity contribution < 1.29 is 22.6 Å². The zero-order valence-corrected chi connectivity index (χ0v) is 13.2. The molecule has 0 radical (unpaired) electrons. The van der Waals surface area contributed by atoms with Gasteiger partial charge in [-0.05, 0) is 44.2 Å². The molecule has 0 atom stereocenters. The van der Waals surface area contributed by atoms with Gasteiger partial charge < -0.3 is 9.47 Å². The van der Waals surface area contributed by atoms with Crippen LogP contribution in [0.3, 0.4) is 0 Å². The van der Waals surface area contributed by atoms with Gasteiger partial charge in [0.2, 0.25) is 0 Å². The van der Waals surface area contributed by atoms with E-state index in [1.807, 2.05) is 32.1 Å². The fraction of sp³-hybridized carbons (Fsp3) is 0.278. The lowest BCUT2D eigenvalue weighted by atomic mass is 9.98. The lowest BCUT2D eigenvalue weighted by Crippen LogP contribution is -2.26. The first-order valence-electron chi connectivity index (χ1n) is 7.44. The maximum atomic E-state index is 12.5. The van der Waals surface area contributed by atoms with Gasteiger partial charge in [0.05, 0.1) is 5.69 Å². The average molecular weight is 335 g/mol. The molecule has 1 aliphatic heterocycles. The summed E-state index contributed by atoms with van der Waals surface area (Å²) in [5, 5.41) is 0. The molecule has 0 saturated heterocycles. The molecule has 24 heavy (non-hydrogen) atoms. The van der Waals surface area contributed by atoms with E-state index in [2.05, 4.69) is 9.72 Å². The first-order valence-corrected chi connectivity index (χ1v) is 7.44. The van der Waals surface area contributed by atoms with Gasteiger partial charge in [-0.2, -0.15) is 0 Å². The molecule has 2 aromatic rings. The van der Waals surface area contributed by atoms with Gasteiger partial charge >= 0.3 is 6.36 Å². The van der Waals surface area contributed by atoms with Crippen molar-refractivity contribution in [3.63, 3.8) is 0 Å². The van der Waals surface area contributed by atoms with E-state index in [1.165, 1.54) is 18.2 Å². The van der Waals surface area contributed by atoms with Crippen molar-refractivity contribution in [1.29, 1.82) is 0 Å². The molecule has 0 fully saturated rings. The number of halogens is 3. The quantitative estimate of drug-likeness (QED) is 0.776. The molecule has 0 N–H and O–H groups in total. The molecule has 2 heterocycles. The molecule has 1 aliphatic rings. The number of benzene rings is 1. The summed E-state index contributed by atoms with van der Waals surface area (Å²) in [7, 11) is 0. The van der Waals surface area contributed by atoms with E-state index in [9.17, 15) is 13.2 Å². The van der Waals surface area contributed by atoms with E-state index in [0.29, 0.717) is 23.4 Å². The zero-order chi connectivity index (χ0) is 17.4. The monoisotopic (exact) mass is 335 g/mol. The highest BCUT2D eigenvalue weighted by atomic mass is 19.4. The summed E-state index contributed by atoms with van der Waals surface area (Å²) < 4.78 is 47.6. The predicted octanol–water partition coefficient (Wildman–Crippen LogP) is 4.97. The molecule has 3 nitrogen and oxygen atoms in total. The molecule has 0 unspecified atom stereocenters. The number of alkyl halides is 3. The summed E-state index contributed by atoms with van der Waals surface area (Å²) in [5.74, 6) is 0.218. The van der Waals surface area contributed by atoms with E-state index < -0.39 is 12.0 Å². The molecular formula is C18H16F3NO2. The topological polar surface area (TPSA) is 31.4 Å². The first kappa shape index (κ1) is 16.4. The third-order valence-corrected chi connectivity index (χ3v) is 3.60. The molecular weight excluding hydrogens is 319 g/mol. The van der Waals surface area contributed by atoms with Crippen LogP contribution in [-0.4, -0.2) is 16.9 Å². The first-order chi connectivity index (χ1) is 11.2. The Morgan fingerprint density at radius 2 is 1.96 bits per heavy atom. The van der Waals surface area contributed by atoms with Crippen molar-refractivity contribution >= 4 is 5.57 Å². The van der Waals surface area contributed by atoms with Gasteiger partial charge in [-0.15, -0.1) is 13.2 Å². The van der Waals surface area contributed by atoms with Crippen LogP contribution in [0.2, 0.25) is 0 Å². The van der Waals surface area contributed by atoms with Crippen molar-refractivity contribution in [2.75, 3.05) is 0 Å². The molecule has 0 amide bonds.